The molecule has 0 unspecified atom stereocenters. The van der Waals surface area contributed by atoms with E-state index in [0.29, 0.717) is 5.69 Å². The Hall–Kier alpha value is -2.99. The number of methoxy groups -OCH3 is 1. The molecule has 0 aliphatic carbocycles. The van der Waals surface area contributed by atoms with Crippen LogP contribution in [-0.4, -0.2) is 30.4 Å². The third-order valence-electron chi connectivity index (χ3n) is 6.09. The van der Waals surface area contributed by atoms with Gasteiger partial charge < -0.3 is 4.74 Å². The number of hydrogen-bond acceptors (Lipinski definition) is 5. The van der Waals surface area contributed by atoms with Crippen LogP contribution in [0.5, 0.6) is 0 Å². The van der Waals surface area contributed by atoms with E-state index < -0.39 is 29.4 Å². The first-order chi connectivity index (χ1) is 13.8. The molecule has 6 nitrogen and oxygen atoms in total. The standard InChI is InChI=1S/C23H24N2O4/c1-13-8-10-16(11-9-13)25-20(26)17-18(21(25)27)23(3,22(28)29-4)24-19(17)15-7-5-6-14(2)12-15/h5-12,17-19,24H,1-4H3/t17-,18-,19+,23+/m0/s1. The molecule has 2 aromatic carbocycles. The molecule has 0 spiro atoms. The van der Waals surface area contributed by atoms with Crippen LogP contribution in [-0.2, 0) is 19.1 Å². The minimum Gasteiger partial charge on any atom is -0.468 e. The zero-order valence-corrected chi connectivity index (χ0v) is 16.9. The van der Waals surface area contributed by atoms with Crippen molar-refractivity contribution in [2.24, 2.45) is 11.8 Å². The Morgan fingerprint density at radius 1 is 1.03 bits per heavy atom. The van der Waals surface area contributed by atoms with E-state index in [0.717, 1.165) is 16.7 Å². The third kappa shape index (κ3) is 2.86. The molecule has 2 saturated heterocycles. The summed E-state index contributed by atoms with van der Waals surface area (Å²) in [4.78, 5) is 40.8. The molecular weight excluding hydrogens is 368 g/mol. The normalized spacial score (nSPS) is 28.6. The number of fused-ring (bicyclic) bond motifs is 1. The van der Waals surface area contributed by atoms with Crippen LogP contribution in [0.4, 0.5) is 5.69 Å². The summed E-state index contributed by atoms with van der Waals surface area (Å²) >= 11 is 0. The second-order valence-electron chi connectivity index (χ2n) is 8.08. The summed E-state index contributed by atoms with van der Waals surface area (Å²) in [6.07, 6.45) is 0. The molecule has 2 aromatic rings. The fourth-order valence-electron chi connectivity index (χ4n) is 4.64. The summed E-state index contributed by atoms with van der Waals surface area (Å²) in [6, 6.07) is 14.5. The number of imide groups is 1. The SMILES string of the molecule is COC(=O)[C@]1(C)N[C@H](c2cccc(C)c2)[C@H]2C(=O)N(c3ccc(C)cc3)C(=O)[C@H]21. The molecule has 2 aliphatic rings. The molecule has 2 amide bonds. The van der Waals surface area contributed by atoms with Gasteiger partial charge in [0.15, 0.2) is 0 Å². The Balaban J connectivity index is 1.83. The van der Waals surface area contributed by atoms with E-state index >= 15 is 0 Å². The van der Waals surface area contributed by atoms with Crippen molar-refractivity contribution in [1.29, 1.82) is 0 Å². The predicted molar refractivity (Wildman–Crippen MR) is 108 cm³/mol. The number of benzene rings is 2. The molecule has 29 heavy (non-hydrogen) atoms. The van der Waals surface area contributed by atoms with Gasteiger partial charge >= 0.3 is 5.97 Å². The molecule has 150 valence electrons. The third-order valence-corrected chi connectivity index (χ3v) is 6.09. The van der Waals surface area contributed by atoms with Crippen LogP contribution in [0.3, 0.4) is 0 Å². The van der Waals surface area contributed by atoms with Crippen molar-refractivity contribution in [3.05, 3.63) is 65.2 Å². The molecule has 0 radical (unpaired) electrons. The topological polar surface area (TPSA) is 75.7 Å². The second kappa shape index (κ2) is 6.81. The van der Waals surface area contributed by atoms with Crippen LogP contribution >= 0.6 is 0 Å². The molecular formula is C23H24N2O4. The van der Waals surface area contributed by atoms with E-state index in [1.807, 2.05) is 50.2 Å². The van der Waals surface area contributed by atoms with E-state index in [9.17, 15) is 14.4 Å². The zero-order chi connectivity index (χ0) is 20.9. The van der Waals surface area contributed by atoms with Crippen LogP contribution in [0, 0.1) is 25.7 Å². The summed E-state index contributed by atoms with van der Waals surface area (Å²) in [7, 11) is 1.29. The van der Waals surface area contributed by atoms with Gasteiger partial charge in [0.1, 0.15) is 5.54 Å². The number of hydrogen-bond donors (Lipinski definition) is 1. The van der Waals surface area contributed by atoms with Gasteiger partial charge in [0.2, 0.25) is 11.8 Å². The number of nitrogens with one attached hydrogen (secondary N) is 1. The van der Waals surface area contributed by atoms with Crippen LogP contribution in [0.15, 0.2) is 48.5 Å². The number of nitrogens with zero attached hydrogens (tertiary/aromatic N) is 1. The minimum atomic E-state index is -1.29. The lowest BCUT2D eigenvalue weighted by Gasteiger charge is -2.28. The number of ether oxygens (including phenoxy) is 1. The largest absolute Gasteiger partial charge is 0.468 e. The van der Waals surface area contributed by atoms with Gasteiger partial charge in [0.25, 0.3) is 0 Å². The lowest BCUT2D eigenvalue weighted by molar-refractivity contribution is -0.151. The maximum absolute atomic E-state index is 13.5. The minimum absolute atomic E-state index is 0.296. The first-order valence-electron chi connectivity index (χ1n) is 9.65. The molecule has 4 rings (SSSR count). The van der Waals surface area contributed by atoms with Gasteiger partial charge in [0, 0.05) is 6.04 Å². The van der Waals surface area contributed by atoms with Gasteiger partial charge in [-0.15, -0.1) is 0 Å². The monoisotopic (exact) mass is 392 g/mol. The van der Waals surface area contributed by atoms with E-state index in [-0.39, 0.29) is 11.8 Å². The Bertz CT molecular complexity index is 1000. The second-order valence-corrected chi connectivity index (χ2v) is 8.08. The van der Waals surface area contributed by atoms with Gasteiger partial charge in [-0.3, -0.25) is 19.7 Å². The van der Waals surface area contributed by atoms with Crippen molar-refractivity contribution in [2.45, 2.75) is 32.4 Å². The predicted octanol–water partition coefficient (Wildman–Crippen LogP) is 2.69. The quantitative estimate of drug-likeness (QED) is 0.642. The van der Waals surface area contributed by atoms with Gasteiger partial charge in [-0.1, -0.05) is 47.5 Å². The smallest absolute Gasteiger partial charge is 0.326 e. The Kier molecular flexibility index (Phi) is 4.54. The van der Waals surface area contributed by atoms with E-state index in [2.05, 4.69) is 5.32 Å². The maximum atomic E-state index is 13.5. The molecule has 2 heterocycles. The first kappa shape index (κ1) is 19.3. The van der Waals surface area contributed by atoms with Crippen LogP contribution in [0.25, 0.3) is 0 Å². The van der Waals surface area contributed by atoms with Gasteiger partial charge in [-0.05, 0) is 38.5 Å². The van der Waals surface area contributed by atoms with Gasteiger partial charge in [0.05, 0.1) is 24.6 Å². The number of anilines is 1. The fraction of sp³-hybridized carbons (Fsp3) is 0.348. The number of carbonyl (C=O) groups excluding carboxylic acids is 3. The summed E-state index contributed by atoms with van der Waals surface area (Å²) in [6.45, 7) is 5.56. The summed E-state index contributed by atoms with van der Waals surface area (Å²) in [5.41, 5.74) is 2.18. The van der Waals surface area contributed by atoms with E-state index in [1.54, 1.807) is 19.1 Å². The van der Waals surface area contributed by atoms with Crippen molar-refractivity contribution in [3.63, 3.8) is 0 Å². The maximum Gasteiger partial charge on any atom is 0.326 e. The highest BCUT2D eigenvalue weighted by atomic mass is 16.5. The fourth-order valence-corrected chi connectivity index (χ4v) is 4.64. The lowest BCUT2D eigenvalue weighted by Crippen LogP contribution is -2.54. The van der Waals surface area contributed by atoms with Crippen molar-refractivity contribution >= 4 is 23.5 Å². The molecule has 0 aromatic heterocycles. The summed E-state index contributed by atoms with van der Waals surface area (Å²) in [5, 5.41) is 3.26. The molecule has 4 atom stereocenters. The Morgan fingerprint density at radius 3 is 2.34 bits per heavy atom. The lowest BCUT2D eigenvalue weighted by atomic mass is 9.80. The Morgan fingerprint density at radius 2 is 1.72 bits per heavy atom. The zero-order valence-electron chi connectivity index (χ0n) is 16.9. The number of rotatable bonds is 3. The highest BCUT2D eigenvalue weighted by molar-refractivity contribution is 6.24. The summed E-state index contributed by atoms with van der Waals surface area (Å²) < 4.78 is 5.01. The van der Waals surface area contributed by atoms with E-state index in [1.165, 1.54) is 12.0 Å². The van der Waals surface area contributed by atoms with Crippen LogP contribution < -0.4 is 10.2 Å². The first-order valence-corrected chi connectivity index (χ1v) is 9.65. The van der Waals surface area contributed by atoms with Crippen molar-refractivity contribution < 1.29 is 19.1 Å². The number of carbonyl (C=O) groups is 3. The average Bonchev–Trinajstić information content (AvgIpc) is 3.16. The molecule has 2 aliphatic heterocycles. The number of amides is 2. The van der Waals surface area contributed by atoms with Crippen LogP contribution in [0.2, 0.25) is 0 Å². The Labute approximate surface area is 169 Å². The van der Waals surface area contributed by atoms with Crippen molar-refractivity contribution in [3.8, 4) is 0 Å². The average molecular weight is 392 g/mol. The van der Waals surface area contributed by atoms with Gasteiger partial charge in [-0.25, -0.2) is 4.90 Å². The highest BCUT2D eigenvalue weighted by Gasteiger charge is 2.67. The highest BCUT2D eigenvalue weighted by Crippen LogP contribution is 2.50. The molecule has 6 heteroatoms. The van der Waals surface area contributed by atoms with Crippen molar-refractivity contribution in [2.75, 3.05) is 12.0 Å². The number of aryl methyl sites for hydroxylation is 2. The van der Waals surface area contributed by atoms with Gasteiger partial charge in [-0.2, -0.15) is 0 Å². The summed E-state index contributed by atoms with van der Waals surface area (Å²) in [5.74, 6) is -2.74. The van der Waals surface area contributed by atoms with E-state index in [4.69, 9.17) is 4.74 Å². The molecule has 0 saturated carbocycles. The molecule has 0 bridgehead atoms. The number of esters is 1. The van der Waals surface area contributed by atoms with Crippen LogP contribution in [0.1, 0.15) is 29.7 Å². The molecule has 2 fully saturated rings. The van der Waals surface area contributed by atoms with Crippen molar-refractivity contribution in [1.82, 2.24) is 5.32 Å². The molecule has 1 N–H and O–H groups in total.